The zero-order chi connectivity index (χ0) is 13.6. The zero-order valence-corrected chi connectivity index (χ0v) is 13.3. The fraction of sp³-hybridized carbons (Fsp3) is 0.571. The molecule has 0 aromatic heterocycles. The van der Waals surface area contributed by atoms with E-state index < -0.39 is 8.32 Å². The molecule has 0 saturated heterocycles. The second-order valence-electron chi connectivity index (χ2n) is 4.64. The van der Waals surface area contributed by atoms with Gasteiger partial charge in [0.1, 0.15) is 0 Å². The fourth-order valence-electron chi connectivity index (χ4n) is 2.26. The first kappa shape index (κ1) is 15.7. The summed E-state index contributed by atoms with van der Waals surface area (Å²) in [7, 11) is -1.62. The molecule has 2 N–H and O–H groups in total. The summed E-state index contributed by atoms with van der Waals surface area (Å²) >= 11 is 6.03. The molecular weight excluding hydrogens is 262 g/mol. The minimum atomic E-state index is -1.62. The lowest BCUT2D eigenvalue weighted by atomic mass is 10.1. The molecule has 0 unspecified atom stereocenters. The van der Waals surface area contributed by atoms with E-state index in [0.29, 0.717) is 6.54 Å². The third-order valence-corrected chi connectivity index (χ3v) is 8.65. The number of hydrogen-bond acceptors (Lipinski definition) is 2. The monoisotopic (exact) mass is 285 g/mol. The lowest BCUT2D eigenvalue weighted by Crippen LogP contribution is -2.39. The number of hydrogen-bond donors (Lipinski definition) is 1. The minimum Gasteiger partial charge on any atom is -0.409 e. The molecule has 0 aliphatic heterocycles. The molecule has 1 aromatic carbocycles. The largest absolute Gasteiger partial charge is 0.409 e. The summed E-state index contributed by atoms with van der Waals surface area (Å²) in [6.45, 7) is 7.19. The van der Waals surface area contributed by atoms with Gasteiger partial charge in [0.25, 0.3) is 0 Å². The molecule has 1 rings (SSSR count). The Balaban J connectivity index is 2.90. The van der Waals surface area contributed by atoms with E-state index in [1.807, 2.05) is 24.3 Å². The van der Waals surface area contributed by atoms with Crippen LogP contribution in [0.25, 0.3) is 0 Å². The lowest BCUT2D eigenvalue weighted by Gasteiger charge is -2.33. The first-order valence-corrected chi connectivity index (χ1v) is 9.64. The van der Waals surface area contributed by atoms with Gasteiger partial charge in [-0.2, -0.15) is 0 Å². The molecule has 0 aliphatic carbocycles. The molecule has 1 aromatic rings. The van der Waals surface area contributed by atoms with Gasteiger partial charge in [-0.3, -0.25) is 0 Å². The summed E-state index contributed by atoms with van der Waals surface area (Å²) in [5, 5.41) is 0.742. The molecule has 4 heteroatoms. The third-order valence-electron chi connectivity index (χ3n) is 3.76. The highest BCUT2D eigenvalue weighted by atomic mass is 35.5. The van der Waals surface area contributed by atoms with Gasteiger partial charge < -0.3 is 10.2 Å². The van der Waals surface area contributed by atoms with Crippen molar-refractivity contribution in [2.24, 2.45) is 5.73 Å². The Bertz CT molecular complexity index is 360. The summed E-state index contributed by atoms with van der Waals surface area (Å²) in [4.78, 5) is 0. The zero-order valence-electron chi connectivity index (χ0n) is 11.6. The molecule has 0 heterocycles. The van der Waals surface area contributed by atoms with Gasteiger partial charge >= 0.3 is 0 Å². The molecule has 0 aliphatic rings. The highest BCUT2D eigenvalue weighted by Gasteiger charge is 2.32. The summed E-state index contributed by atoms with van der Waals surface area (Å²) in [6.07, 6.45) is -0.0183. The van der Waals surface area contributed by atoms with E-state index in [0.717, 1.165) is 28.7 Å². The van der Waals surface area contributed by atoms with E-state index in [-0.39, 0.29) is 6.10 Å². The van der Waals surface area contributed by atoms with Gasteiger partial charge in [0.2, 0.25) is 0 Å². The van der Waals surface area contributed by atoms with Crippen molar-refractivity contribution in [1.29, 1.82) is 0 Å². The molecule has 2 nitrogen and oxygen atoms in total. The van der Waals surface area contributed by atoms with Crippen LogP contribution in [0.4, 0.5) is 0 Å². The molecule has 0 spiro atoms. The Morgan fingerprint density at radius 3 is 2.28 bits per heavy atom. The predicted molar refractivity (Wildman–Crippen MR) is 81.5 cm³/mol. The summed E-state index contributed by atoms with van der Waals surface area (Å²) < 4.78 is 6.43. The second-order valence-corrected chi connectivity index (χ2v) is 9.80. The van der Waals surface area contributed by atoms with E-state index in [1.165, 1.54) is 0 Å². The summed E-state index contributed by atoms with van der Waals surface area (Å²) in [6, 6.07) is 11.2. The van der Waals surface area contributed by atoms with Crippen LogP contribution >= 0.6 is 11.6 Å². The number of nitrogens with two attached hydrogens (primary N) is 1. The number of benzene rings is 1. The van der Waals surface area contributed by atoms with Crippen LogP contribution in [0.2, 0.25) is 23.2 Å². The van der Waals surface area contributed by atoms with Crippen molar-refractivity contribution in [2.75, 3.05) is 6.54 Å². The molecule has 18 heavy (non-hydrogen) atoms. The van der Waals surface area contributed by atoms with Gasteiger partial charge in [-0.1, -0.05) is 44.5 Å². The van der Waals surface area contributed by atoms with Crippen LogP contribution in [-0.2, 0) is 4.43 Å². The van der Waals surface area contributed by atoms with E-state index in [4.69, 9.17) is 21.8 Å². The standard InChI is InChI=1S/C14H24ClNOSi/c1-4-18(5-2,6-3)17-14(11-16)12-8-7-9-13(15)10-12/h7-10,14H,4-6,11,16H2,1-3H3/t14-/m0/s1. The van der Waals surface area contributed by atoms with Gasteiger partial charge in [-0.15, -0.1) is 0 Å². The maximum absolute atomic E-state index is 6.43. The summed E-state index contributed by atoms with van der Waals surface area (Å²) in [5.41, 5.74) is 6.97. The first-order valence-electron chi connectivity index (χ1n) is 6.74. The Hall–Kier alpha value is -0.353. The highest BCUT2D eigenvalue weighted by molar-refractivity contribution is 6.73. The average Bonchev–Trinajstić information content (AvgIpc) is 2.41. The van der Waals surface area contributed by atoms with Crippen LogP contribution in [0, 0.1) is 0 Å². The molecule has 0 bridgehead atoms. The van der Waals surface area contributed by atoms with Crippen molar-refractivity contribution in [1.82, 2.24) is 0 Å². The van der Waals surface area contributed by atoms with E-state index >= 15 is 0 Å². The Kier molecular flexibility index (Phi) is 6.36. The van der Waals surface area contributed by atoms with E-state index in [2.05, 4.69) is 20.8 Å². The van der Waals surface area contributed by atoms with Crippen LogP contribution in [0.3, 0.4) is 0 Å². The minimum absolute atomic E-state index is 0.0183. The topological polar surface area (TPSA) is 35.2 Å². The van der Waals surface area contributed by atoms with Crippen molar-refractivity contribution in [2.45, 2.75) is 45.0 Å². The molecular formula is C14H24ClNOSi. The van der Waals surface area contributed by atoms with Gasteiger partial charge in [-0.05, 0) is 35.8 Å². The van der Waals surface area contributed by atoms with Gasteiger partial charge in [0.15, 0.2) is 8.32 Å². The Morgan fingerprint density at radius 1 is 1.22 bits per heavy atom. The Morgan fingerprint density at radius 2 is 1.83 bits per heavy atom. The van der Waals surface area contributed by atoms with E-state index in [1.54, 1.807) is 0 Å². The number of rotatable bonds is 7. The smallest absolute Gasteiger partial charge is 0.192 e. The van der Waals surface area contributed by atoms with Crippen molar-refractivity contribution in [3.8, 4) is 0 Å². The molecule has 0 amide bonds. The maximum Gasteiger partial charge on any atom is 0.192 e. The lowest BCUT2D eigenvalue weighted by molar-refractivity contribution is 0.198. The normalized spacial score (nSPS) is 13.6. The molecule has 0 fully saturated rings. The summed E-state index contributed by atoms with van der Waals surface area (Å²) in [5.74, 6) is 0. The van der Waals surface area contributed by atoms with Gasteiger partial charge in [0.05, 0.1) is 6.10 Å². The SMILES string of the molecule is CC[Si](CC)(CC)O[C@@H](CN)c1cccc(Cl)c1. The average molecular weight is 286 g/mol. The van der Waals surface area contributed by atoms with Crippen LogP contribution in [-0.4, -0.2) is 14.9 Å². The quantitative estimate of drug-likeness (QED) is 0.756. The maximum atomic E-state index is 6.43. The fourth-order valence-corrected chi connectivity index (χ4v) is 5.30. The third kappa shape index (κ3) is 3.82. The Labute approximate surface area is 117 Å². The molecule has 1 atom stereocenters. The van der Waals surface area contributed by atoms with Crippen LogP contribution in [0.5, 0.6) is 0 Å². The van der Waals surface area contributed by atoms with Crippen LogP contribution in [0.1, 0.15) is 32.4 Å². The van der Waals surface area contributed by atoms with Crippen molar-refractivity contribution >= 4 is 19.9 Å². The molecule has 0 radical (unpaired) electrons. The van der Waals surface area contributed by atoms with Crippen molar-refractivity contribution < 1.29 is 4.43 Å². The first-order chi connectivity index (χ1) is 8.60. The second kappa shape index (κ2) is 7.29. The van der Waals surface area contributed by atoms with E-state index in [9.17, 15) is 0 Å². The van der Waals surface area contributed by atoms with Crippen LogP contribution < -0.4 is 5.73 Å². The number of halogens is 1. The van der Waals surface area contributed by atoms with Crippen molar-refractivity contribution in [3.05, 3.63) is 34.9 Å². The molecule has 0 saturated carbocycles. The van der Waals surface area contributed by atoms with Gasteiger partial charge in [0, 0.05) is 11.6 Å². The highest BCUT2D eigenvalue weighted by Crippen LogP contribution is 2.30. The molecule has 102 valence electrons. The predicted octanol–water partition coefficient (Wildman–Crippen LogP) is 4.36. The van der Waals surface area contributed by atoms with Crippen molar-refractivity contribution in [3.63, 3.8) is 0 Å². The van der Waals surface area contributed by atoms with Crippen LogP contribution in [0.15, 0.2) is 24.3 Å². The van der Waals surface area contributed by atoms with Gasteiger partial charge in [-0.25, -0.2) is 0 Å².